The second kappa shape index (κ2) is 7.61. The monoisotopic (exact) mass is 417 g/mol. The SMILES string of the molecule is COc1cccc2c(C=C3C(=O)OC4(CCCCC4)OC3=O)c(-c3ccccc3)[nH]c12. The predicted molar refractivity (Wildman–Crippen MR) is 116 cm³/mol. The Labute approximate surface area is 179 Å². The van der Waals surface area contributed by atoms with Gasteiger partial charge in [0.1, 0.15) is 11.3 Å². The zero-order valence-corrected chi connectivity index (χ0v) is 17.3. The van der Waals surface area contributed by atoms with E-state index in [-0.39, 0.29) is 5.57 Å². The molecule has 6 heteroatoms. The number of aromatic amines is 1. The van der Waals surface area contributed by atoms with Crippen LogP contribution in [0.4, 0.5) is 0 Å². The molecule has 5 rings (SSSR count). The van der Waals surface area contributed by atoms with Crippen molar-refractivity contribution in [3.63, 3.8) is 0 Å². The zero-order valence-electron chi connectivity index (χ0n) is 17.3. The highest BCUT2D eigenvalue weighted by Gasteiger charge is 2.46. The lowest BCUT2D eigenvalue weighted by Crippen LogP contribution is -2.47. The highest BCUT2D eigenvalue weighted by Crippen LogP contribution is 2.40. The van der Waals surface area contributed by atoms with Gasteiger partial charge in [-0.1, -0.05) is 48.9 Å². The molecule has 0 atom stereocenters. The number of H-pyrrole nitrogens is 1. The summed E-state index contributed by atoms with van der Waals surface area (Å²) in [5.41, 5.74) is 3.11. The number of rotatable bonds is 3. The molecular weight excluding hydrogens is 394 g/mol. The smallest absolute Gasteiger partial charge is 0.348 e. The molecule has 2 aromatic carbocycles. The van der Waals surface area contributed by atoms with Crippen LogP contribution >= 0.6 is 0 Å². The third-order valence-corrected chi connectivity index (χ3v) is 6.02. The first-order valence-electron chi connectivity index (χ1n) is 10.5. The Hall–Kier alpha value is -3.54. The van der Waals surface area contributed by atoms with Crippen LogP contribution in [-0.4, -0.2) is 29.8 Å². The van der Waals surface area contributed by atoms with Crippen molar-refractivity contribution >= 4 is 28.9 Å². The lowest BCUT2D eigenvalue weighted by Gasteiger charge is -2.38. The van der Waals surface area contributed by atoms with Crippen molar-refractivity contribution in [2.75, 3.05) is 7.11 Å². The maximum atomic E-state index is 12.9. The van der Waals surface area contributed by atoms with Crippen LogP contribution in [0.5, 0.6) is 5.75 Å². The minimum absolute atomic E-state index is 0.0999. The molecule has 1 aliphatic carbocycles. The number of nitrogens with one attached hydrogen (secondary N) is 1. The molecule has 3 aromatic rings. The Morgan fingerprint density at radius 2 is 1.65 bits per heavy atom. The van der Waals surface area contributed by atoms with Gasteiger partial charge in [0.15, 0.2) is 0 Å². The molecule has 1 aromatic heterocycles. The summed E-state index contributed by atoms with van der Waals surface area (Å²) in [5, 5.41) is 0.837. The Morgan fingerprint density at radius 3 is 2.32 bits per heavy atom. The van der Waals surface area contributed by atoms with Crippen LogP contribution in [0.1, 0.15) is 37.7 Å². The number of fused-ring (bicyclic) bond motifs is 1. The highest BCUT2D eigenvalue weighted by molar-refractivity contribution is 6.20. The first-order chi connectivity index (χ1) is 15.1. The molecule has 2 heterocycles. The average molecular weight is 417 g/mol. The number of ether oxygens (including phenoxy) is 3. The second-order valence-corrected chi connectivity index (χ2v) is 7.97. The number of esters is 2. The summed E-state index contributed by atoms with van der Waals surface area (Å²) in [6.07, 6.45) is 5.48. The molecule has 1 aliphatic heterocycles. The Morgan fingerprint density at radius 1 is 0.935 bits per heavy atom. The topological polar surface area (TPSA) is 77.6 Å². The van der Waals surface area contributed by atoms with Crippen LogP contribution in [0.25, 0.3) is 28.2 Å². The van der Waals surface area contributed by atoms with E-state index in [1.54, 1.807) is 13.2 Å². The van der Waals surface area contributed by atoms with E-state index < -0.39 is 17.7 Å². The van der Waals surface area contributed by atoms with Crippen LogP contribution in [-0.2, 0) is 19.1 Å². The van der Waals surface area contributed by atoms with Gasteiger partial charge >= 0.3 is 11.9 Å². The van der Waals surface area contributed by atoms with Gasteiger partial charge < -0.3 is 19.2 Å². The average Bonchev–Trinajstić information content (AvgIpc) is 3.16. The van der Waals surface area contributed by atoms with Gasteiger partial charge in [-0.15, -0.1) is 0 Å². The zero-order chi connectivity index (χ0) is 21.4. The van der Waals surface area contributed by atoms with Gasteiger partial charge in [-0.25, -0.2) is 9.59 Å². The fourth-order valence-corrected chi connectivity index (χ4v) is 4.47. The third kappa shape index (κ3) is 3.38. The minimum atomic E-state index is -1.10. The minimum Gasteiger partial charge on any atom is -0.495 e. The molecule has 0 amide bonds. The summed E-state index contributed by atoms with van der Waals surface area (Å²) in [7, 11) is 1.61. The number of para-hydroxylation sites is 1. The molecule has 0 bridgehead atoms. The summed E-state index contributed by atoms with van der Waals surface area (Å²) in [5.74, 6) is -1.69. The van der Waals surface area contributed by atoms with Crippen LogP contribution in [0.15, 0.2) is 54.1 Å². The molecular formula is C25H23NO5. The normalized spacial score (nSPS) is 18.0. The summed E-state index contributed by atoms with van der Waals surface area (Å²) < 4.78 is 16.8. The summed E-state index contributed by atoms with van der Waals surface area (Å²) in [6.45, 7) is 0. The van der Waals surface area contributed by atoms with Crippen molar-refractivity contribution in [2.24, 2.45) is 0 Å². The second-order valence-electron chi connectivity index (χ2n) is 7.97. The van der Waals surface area contributed by atoms with Gasteiger partial charge in [-0.3, -0.25) is 0 Å². The van der Waals surface area contributed by atoms with Crippen LogP contribution < -0.4 is 4.74 Å². The van der Waals surface area contributed by atoms with Gasteiger partial charge in [-0.2, -0.15) is 0 Å². The summed E-state index contributed by atoms with van der Waals surface area (Å²) in [4.78, 5) is 29.2. The van der Waals surface area contributed by atoms with Crippen LogP contribution in [0, 0.1) is 0 Å². The van der Waals surface area contributed by atoms with E-state index in [9.17, 15) is 9.59 Å². The summed E-state index contributed by atoms with van der Waals surface area (Å²) >= 11 is 0. The van der Waals surface area contributed by atoms with E-state index in [4.69, 9.17) is 14.2 Å². The van der Waals surface area contributed by atoms with E-state index in [2.05, 4.69) is 4.98 Å². The van der Waals surface area contributed by atoms with Gasteiger partial charge in [0.2, 0.25) is 0 Å². The molecule has 6 nitrogen and oxygen atoms in total. The van der Waals surface area contributed by atoms with E-state index in [1.807, 2.05) is 48.5 Å². The van der Waals surface area contributed by atoms with Crippen molar-refractivity contribution in [3.05, 3.63) is 59.7 Å². The molecule has 158 valence electrons. The fraction of sp³-hybridized carbons (Fsp3) is 0.280. The summed E-state index contributed by atoms with van der Waals surface area (Å²) in [6, 6.07) is 15.4. The van der Waals surface area contributed by atoms with Gasteiger partial charge in [0.05, 0.1) is 18.3 Å². The molecule has 1 saturated heterocycles. The lowest BCUT2D eigenvalue weighted by molar-refractivity contribution is -0.244. The van der Waals surface area contributed by atoms with Crippen LogP contribution in [0.3, 0.4) is 0 Å². The van der Waals surface area contributed by atoms with Crippen molar-refractivity contribution in [1.82, 2.24) is 4.98 Å². The number of aromatic nitrogens is 1. The van der Waals surface area contributed by atoms with E-state index in [0.717, 1.165) is 41.4 Å². The quantitative estimate of drug-likeness (QED) is 0.369. The third-order valence-electron chi connectivity index (χ3n) is 6.02. The molecule has 1 N–H and O–H groups in total. The van der Waals surface area contributed by atoms with Crippen molar-refractivity contribution in [1.29, 1.82) is 0 Å². The number of benzene rings is 2. The maximum absolute atomic E-state index is 12.9. The molecule has 31 heavy (non-hydrogen) atoms. The molecule has 0 radical (unpaired) electrons. The Bertz CT molecular complexity index is 1160. The molecule has 2 aliphatic rings. The number of carbonyl (C=O) groups excluding carboxylic acids is 2. The van der Waals surface area contributed by atoms with Gasteiger partial charge in [-0.05, 0) is 30.5 Å². The largest absolute Gasteiger partial charge is 0.495 e. The Balaban J connectivity index is 1.64. The van der Waals surface area contributed by atoms with Gasteiger partial charge in [0.25, 0.3) is 5.79 Å². The van der Waals surface area contributed by atoms with Crippen molar-refractivity contribution in [3.8, 4) is 17.0 Å². The number of hydrogen-bond donors (Lipinski definition) is 1. The lowest BCUT2D eigenvalue weighted by atomic mass is 9.93. The number of hydrogen-bond acceptors (Lipinski definition) is 5. The van der Waals surface area contributed by atoms with E-state index >= 15 is 0 Å². The van der Waals surface area contributed by atoms with Gasteiger partial charge in [0, 0.05) is 23.8 Å². The molecule has 1 spiro atoms. The fourth-order valence-electron chi connectivity index (χ4n) is 4.47. The molecule has 1 saturated carbocycles. The maximum Gasteiger partial charge on any atom is 0.348 e. The highest BCUT2D eigenvalue weighted by atomic mass is 16.7. The van der Waals surface area contributed by atoms with E-state index in [0.29, 0.717) is 24.2 Å². The molecule has 2 fully saturated rings. The molecule has 0 unspecified atom stereocenters. The van der Waals surface area contributed by atoms with Crippen molar-refractivity contribution in [2.45, 2.75) is 37.9 Å². The number of methoxy groups -OCH3 is 1. The standard InChI is InChI=1S/C25H23NO5/c1-29-20-12-8-11-17-18(21(26-22(17)20)16-9-4-2-5-10-16)15-19-23(27)30-25(31-24(19)28)13-6-3-7-14-25/h2,4-5,8-12,15,26H,3,6-7,13-14H2,1H3. The predicted octanol–water partition coefficient (Wildman–Crippen LogP) is 4.99. The first kappa shape index (κ1) is 19.4. The number of carbonyl (C=O) groups is 2. The van der Waals surface area contributed by atoms with Crippen LogP contribution in [0.2, 0.25) is 0 Å². The Kier molecular flexibility index (Phi) is 4.77. The van der Waals surface area contributed by atoms with E-state index in [1.165, 1.54) is 0 Å². The van der Waals surface area contributed by atoms with Crippen molar-refractivity contribution < 1.29 is 23.8 Å². The first-order valence-corrected chi connectivity index (χ1v) is 10.5.